The first-order valence-corrected chi connectivity index (χ1v) is 8.92. The lowest BCUT2D eigenvalue weighted by atomic mass is 10.1. The Morgan fingerprint density at radius 1 is 1.04 bits per heavy atom. The van der Waals surface area contributed by atoms with E-state index in [0.29, 0.717) is 5.02 Å². The average molecular weight is 345 g/mol. The van der Waals surface area contributed by atoms with Gasteiger partial charge in [-0.1, -0.05) is 56.1 Å². The van der Waals surface area contributed by atoms with Crippen molar-refractivity contribution in [1.82, 2.24) is 5.32 Å². The predicted molar refractivity (Wildman–Crippen MR) is 102 cm³/mol. The highest BCUT2D eigenvalue weighted by molar-refractivity contribution is 6.30. The molecule has 1 atom stereocenters. The molecule has 0 saturated carbocycles. The van der Waals surface area contributed by atoms with Crippen LogP contribution < -0.4 is 10.6 Å². The molecule has 2 rings (SSSR count). The van der Waals surface area contributed by atoms with Gasteiger partial charge in [0.2, 0.25) is 0 Å². The maximum atomic E-state index is 12.2. The molecule has 0 fully saturated rings. The highest BCUT2D eigenvalue weighted by Crippen LogP contribution is 2.19. The molecule has 0 aromatic heterocycles. The number of unbranched alkanes of at least 4 members (excludes halogenated alkanes) is 1. The molecule has 4 heteroatoms. The fourth-order valence-corrected chi connectivity index (χ4v) is 2.70. The third-order valence-electron chi connectivity index (χ3n) is 4.02. The average Bonchev–Trinajstić information content (AvgIpc) is 2.60. The van der Waals surface area contributed by atoms with E-state index in [-0.39, 0.29) is 12.1 Å². The van der Waals surface area contributed by atoms with E-state index in [9.17, 15) is 4.79 Å². The fourth-order valence-electron chi connectivity index (χ4n) is 2.58. The second-order valence-corrected chi connectivity index (χ2v) is 6.35. The first-order chi connectivity index (χ1) is 11.6. The van der Waals surface area contributed by atoms with Crippen molar-refractivity contribution in [1.29, 1.82) is 0 Å². The van der Waals surface area contributed by atoms with Crippen LogP contribution in [0.2, 0.25) is 5.02 Å². The molecule has 2 N–H and O–H groups in total. The monoisotopic (exact) mass is 344 g/mol. The van der Waals surface area contributed by atoms with Crippen molar-refractivity contribution in [2.45, 2.75) is 45.6 Å². The summed E-state index contributed by atoms with van der Waals surface area (Å²) in [6.45, 7) is 4.23. The molecule has 2 aromatic rings. The van der Waals surface area contributed by atoms with E-state index in [0.717, 1.165) is 24.1 Å². The summed E-state index contributed by atoms with van der Waals surface area (Å²) in [5.74, 6) is 0. The molecule has 0 heterocycles. The number of anilines is 1. The molecular formula is C20H25ClN2O. The van der Waals surface area contributed by atoms with Crippen LogP contribution >= 0.6 is 11.6 Å². The van der Waals surface area contributed by atoms with Gasteiger partial charge in [-0.2, -0.15) is 0 Å². The molecule has 3 nitrogen and oxygen atoms in total. The van der Waals surface area contributed by atoms with E-state index in [1.165, 1.54) is 18.4 Å². The van der Waals surface area contributed by atoms with Crippen LogP contribution in [0.5, 0.6) is 0 Å². The molecule has 0 saturated heterocycles. The number of benzene rings is 2. The number of carbonyl (C=O) groups is 1. The second-order valence-electron chi connectivity index (χ2n) is 5.91. The number of halogens is 1. The Morgan fingerprint density at radius 2 is 1.71 bits per heavy atom. The zero-order valence-corrected chi connectivity index (χ0v) is 15.1. The van der Waals surface area contributed by atoms with Crippen LogP contribution in [0, 0.1) is 0 Å². The molecule has 0 bridgehead atoms. The van der Waals surface area contributed by atoms with E-state index in [1.807, 2.05) is 43.3 Å². The summed E-state index contributed by atoms with van der Waals surface area (Å²) in [6, 6.07) is 15.4. The lowest BCUT2D eigenvalue weighted by Crippen LogP contribution is -2.32. The van der Waals surface area contributed by atoms with Gasteiger partial charge < -0.3 is 10.6 Å². The quantitative estimate of drug-likeness (QED) is 0.639. The molecule has 0 spiro atoms. The Hall–Kier alpha value is -2.00. The summed E-state index contributed by atoms with van der Waals surface area (Å²) >= 11 is 5.92. The van der Waals surface area contributed by atoms with Gasteiger partial charge in [-0.05, 0) is 54.7 Å². The predicted octanol–water partition coefficient (Wildman–Crippen LogP) is 5.96. The number of hydrogen-bond donors (Lipinski definition) is 2. The number of nitrogens with one attached hydrogen (secondary N) is 2. The number of rotatable bonds is 7. The zero-order chi connectivity index (χ0) is 17.4. The van der Waals surface area contributed by atoms with Gasteiger partial charge in [-0.3, -0.25) is 0 Å². The molecule has 24 heavy (non-hydrogen) atoms. The van der Waals surface area contributed by atoms with E-state index in [4.69, 9.17) is 11.6 Å². The highest BCUT2D eigenvalue weighted by atomic mass is 35.5. The van der Waals surface area contributed by atoms with Gasteiger partial charge >= 0.3 is 6.03 Å². The lowest BCUT2D eigenvalue weighted by Gasteiger charge is -2.18. The maximum absolute atomic E-state index is 12.2. The molecule has 2 aromatic carbocycles. The third-order valence-corrected chi connectivity index (χ3v) is 4.27. The fraction of sp³-hybridized carbons (Fsp3) is 0.350. The lowest BCUT2D eigenvalue weighted by molar-refractivity contribution is 0.248. The molecule has 0 aliphatic rings. The van der Waals surface area contributed by atoms with Gasteiger partial charge in [-0.25, -0.2) is 4.79 Å². The topological polar surface area (TPSA) is 41.1 Å². The van der Waals surface area contributed by atoms with Crippen LogP contribution in [-0.2, 0) is 6.42 Å². The SMILES string of the molecule is CCCCc1ccc(NC(=O)N[C@@H](CC)c2ccc(Cl)cc2)cc1. The minimum atomic E-state index is -0.196. The van der Waals surface area contributed by atoms with Crippen LogP contribution in [0.25, 0.3) is 0 Å². The summed E-state index contributed by atoms with van der Waals surface area (Å²) < 4.78 is 0. The first-order valence-electron chi connectivity index (χ1n) is 8.54. The minimum absolute atomic E-state index is 0.0360. The highest BCUT2D eigenvalue weighted by Gasteiger charge is 2.12. The van der Waals surface area contributed by atoms with Gasteiger partial charge in [0.15, 0.2) is 0 Å². The smallest absolute Gasteiger partial charge is 0.319 e. The Balaban J connectivity index is 1.92. The van der Waals surface area contributed by atoms with E-state index < -0.39 is 0 Å². The van der Waals surface area contributed by atoms with Crippen LogP contribution in [-0.4, -0.2) is 6.03 Å². The zero-order valence-electron chi connectivity index (χ0n) is 14.3. The Kier molecular flexibility index (Phi) is 7.13. The summed E-state index contributed by atoms with van der Waals surface area (Å²) in [6.07, 6.45) is 4.26. The minimum Gasteiger partial charge on any atom is -0.331 e. The van der Waals surface area contributed by atoms with Gasteiger partial charge in [0.05, 0.1) is 6.04 Å². The third kappa shape index (κ3) is 5.57. The van der Waals surface area contributed by atoms with Crippen molar-refractivity contribution in [2.75, 3.05) is 5.32 Å². The Morgan fingerprint density at radius 3 is 2.29 bits per heavy atom. The summed E-state index contributed by atoms with van der Waals surface area (Å²) in [5.41, 5.74) is 3.15. The maximum Gasteiger partial charge on any atom is 0.319 e. The van der Waals surface area contributed by atoms with Crippen LogP contribution in [0.1, 0.15) is 50.3 Å². The van der Waals surface area contributed by atoms with E-state index >= 15 is 0 Å². The summed E-state index contributed by atoms with van der Waals surface area (Å²) in [7, 11) is 0. The van der Waals surface area contributed by atoms with Gasteiger partial charge in [0, 0.05) is 10.7 Å². The van der Waals surface area contributed by atoms with Crippen LogP contribution in [0.4, 0.5) is 10.5 Å². The summed E-state index contributed by atoms with van der Waals surface area (Å²) in [5, 5.41) is 6.60. The first kappa shape index (κ1) is 18.3. The number of carbonyl (C=O) groups excluding carboxylic acids is 1. The van der Waals surface area contributed by atoms with E-state index in [2.05, 4.69) is 29.7 Å². The van der Waals surface area contributed by atoms with Crippen molar-refractivity contribution < 1.29 is 4.79 Å². The van der Waals surface area contributed by atoms with Crippen molar-refractivity contribution in [3.05, 3.63) is 64.7 Å². The van der Waals surface area contributed by atoms with Gasteiger partial charge in [0.1, 0.15) is 0 Å². The second kappa shape index (κ2) is 9.33. The Labute approximate surface area is 149 Å². The van der Waals surface area contributed by atoms with Crippen LogP contribution in [0.15, 0.2) is 48.5 Å². The summed E-state index contributed by atoms with van der Waals surface area (Å²) in [4.78, 5) is 12.2. The number of aryl methyl sites for hydroxylation is 1. The van der Waals surface area contributed by atoms with Gasteiger partial charge in [-0.15, -0.1) is 0 Å². The van der Waals surface area contributed by atoms with Crippen molar-refractivity contribution in [2.24, 2.45) is 0 Å². The number of amides is 2. The molecular weight excluding hydrogens is 320 g/mol. The van der Waals surface area contributed by atoms with Crippen molar-refractivity contribution >= 4 is 23.3 Å². The molecule has 2 amide bonds. The molecule has 128 valence electrons. The molecule has 0 aliphatic carbocycles. The van der Waals surface area contributed by atoms with Crippen molar-refractivity contribution in [3.63, 3.8) is 0 Å². The molecule has 0 unspecified atom stereocenters. The van der Waals surface area contributed by atoms with Crippen molar-refractivity contribution in [3.8, 4) is 0 Å². The normalized spacial score (nSPS) is 11.8. The van der Waals surface area contributed by atoms with Gasteiger partial charge in [0.25, 0.3) is 0 Å². The largest absolute Gasteiger partial charge is 0.331 e. The van der Waals surface area contributed by atoms with Crippen LogP contribution in [0.3, 0.4) is 0 Å². The molecule has 0 aliphatic heterocycles. The Bertz CT molecular complexity index is 638. The standard InChI is InChI=1S/C20H25ClN2O/c1-3-5-6-15-7-13-18(14-8-15)22-20(24)23-19(4-2)16-9-11-17(21)12-10-16/h7-14,19H,3-6H2,1-2H3,(H2,22,23,24)/t19-/m0/s1. The van der Waals surface area contributed by atoms with E-state index in [1.54, 1.807) is 0 Å². The molecule has 0 radical (unpaired) electrons. The number of hydrogen-bond acceptors (Lipinski definition) is 1. The number of urea groups is 1.